The van der Waals surface area contributed by atoms with E-state index in [2.05, 4.69) is 0 Å². The Morgan fingerprint density at radius 3 is 1.53 bits per heavy atom. The number of halogens is 13. The minimum Gasteiger partial charge on any atom is -0.391 e. The van der Waals surface area contributed by atoms with Crippen LogP contribution in [0.4, 0.5) is 57.1 Å². The summed E-state index contributed by atoms with van der Waals surface area (Å²) in [5.41, 5.74) is 0. The number of nitrogens with zero attached hydrogens (tertiary/aromatic N) is 2. The minimum absolute atomic E-state index is 0.00477. The summed E-state index contributed by atoms with van der Waals surface area (Å²) in [6.07, 6.45) is -9.63. The molecule has 6 nitrogen and oxygen atoms in total. The van der Waals surface area contributed by atoms with Crippen molar-refractivity contribution in [1.82, 2.24) is 4.31 Å². The summed E-state index contributed by atoms with van der Waals surface area (Å²) in [6, 6.07) is 0. The lowest BCUT2D eigenvalue weighted by Crippen LogP contribution is -2.71. The Hall–Kier alpha value is -1.12. The van der Waals surface area contributed by atoms with Crippen LogP contribution in [0.5, 0.6) is 0 Å². The molecule has 206 valence electrons. The van der Waals surface area contributed by atoms with Gasteiger partial charge in [-0.1, -0.05) is 0 Å². The van der Waals surface area contributed by atoms with Crippen molar-refractivity contribution in [2.24, 2.45) is 0 Å². The number of quaternary nitrogens is 1. The molecule has 2 N–H and O–H groups in total. The van der Waals surface area contributed by atoms with Gasteiger partial charge in [-0.2, -0.15) is 61.4 Å². The Labute approximate surface area is 184 Å². The molecule has 0 aliphatic rings. The van der Waals surface area contributed by atoms with Crippen molar-refractivity contribution in [2.75, 3.05) is 47.4 Å². The van der Waals surface area contributed by atoms with Crippen molar-refractivity contribution in [2.45, 2.75) is 41.2 Å². The molecule has 1 unspecified atom stereocenters. The molecule has 0 saturated carbocycles. The Balaban J connectivity index is 6.27. The number of hydrogen-bond acceptors (Lipinski definition) is 4. The third-order valence-electron chi connectivity index (χ3n) is 4.52. The maximum atomic E-state index is 14.0. The van der Waals surface area contributed by atoms with Crippen molar-refractivity contribution in [3.05, 3.63) is 0 Å². The molecular weight excluding hydrogens is 539 g/mol. The molecule has 0 saturated heterocycles. The third-order valence-corrected chi connectivity index (χ3v) is 6.39. The summed E-state index contributed by atoms with van der Waals surface area (Å²) < 4.78 is 193. The van der Waals surface area contributed by atoms with E-state index in [1.807, 2.05) is 0 Å². The van der Waals surface area contributed by atoms with Gasteiger partial charge in [0, 0.05) is 13.6 Å². The van der Waals surface area contributed by atoms with Crippen LogP contribution in [0, 0.1) is 0 Å². The number of hydrogen-bond donors (Lipinski definition) is 2. The van der Waals surface area contributed by atoms with E-state index in [0.29, 0.717) is 0 Å². The highest BCUT2D eigenvalue weighted by Crippen LogP contribution is 2.61. The fraction of sp³-hybridized carbons (Fsp3) is 1.00. The third kappa shape index (κ3) is 5.34. The van der Waals surface area contributed by atoms with Crippen LogP contribution >= 0.6 is 0 Å². The van der Waals surface area contributed by atoms with E-state index in [9.17, 15) is 70.6 Å². The molecule has 0 amide bonds. The van der Waals surface area contributed by atoms with Gasteiger partial charge in [0.15, 0.2) is 0 Å². The molecule has 0 aliphatic heterocycles. The van der Waals surface area contributed by atoms with E-state index >= 15 is 0 Å². The molecular formula is C14H20F13N2O4S+. The molecule has 0 aromatic heterocycles. The number of aliphatic hydroxyl groups excluding tert-OH is 2. The van der Waals surface area contributed by atoms with E-state index in [1.54, 1.807) is 0 Å². The molecule has 0 heterocycles. The monoisotopic (exact) mass is 559 g/mol. The van der Waals surface area contributed by atoms with Gasteiger partial charge >= 0.3 is 35.1 Å². The van der Waals surface area contributed by atoms with Crippen molar-refractivity contribution < 1.29 is 80.2 Å². The zero-order chi connectivity index (χ0) is 28.0. The van der Waals surface area contributed by atoms with Gasteiger partial charge in [-0.15, -0.1) is 0 Å². The molecule has 0 rings (SSSR count). The van der Waals surface area contributed by atoms with Gasteiger partial charge in [0.1, 0.15) is 19.2 Å². The summed E-state index contributed by atoms with van der Waals surface area (Å²) in [5.74, 6) is -32.5. The minimum atomic E-state index is -8.25. The first-order chi connectivity index (χ1) is 14.6. The lowest BCUT2D eigenvalue weighted by molar-refractivity contribution is -0.893. The van der Waals surface area contributed by atoms with E-state index < -0.39 is 75.2 Å². The van der Waals surface area contributed by atoms with Crippen molar-refractivity contribution in [1.29, 1.82) is 0 Å². The number of sulfonamides is 1. The first kappa shape index (κ1) is 32.9. The van der Waals surface area contributed by atoms with E-state index in [0.717, 1.165) is 0 Å². The van der Waals surface area contributed by atoms with Gasteiger partial charge in [-0.3, -0.25) is 0 Å². The molecule has 0 bridgehead atoms. The number of rotatable bonds is 12. The molecule has 20 heteroatoms. The van der Waals surface area contributed by atoms with Gasteiger partial charge in [0.2, 0.25) is 0 Å². The fourth-order valence-corrected chi connectivity index (χ4v) is 3.71. The average Bonchev–Trinajstić information content (AvgIpc) is 2.58. The summed E-state index contributed by atoms with van der Waals surface area (Å²) in [5, 5.41) is 11.2. The summed E-state index contributed by atoms with van der Waals surface area (Å²) in [7, 11) is -4.58. The highest BCUT2D eigenvalue weighted by molar-refractivity contribution is 7.90. The van der Waals surface area contributed by atoms with E-state index in [-0.39, 0.29) is 18.1 Å². The molecule has 0 aromatic carbocycles. The summed E-state index contributed by atoms with van der Waals surface area (Å²) >= 11 is 0. The Morgan fingerprint density at radius 2 is 1.18 bits per heavy atom. The first-order valence-corrected chi connectivity index (χ1v) is 10.0. The molecule has 34 heavy (non-hydrogen) atoms. The number of aliphatic hydroxyl groups is 2. The van der Waals surface area contributed by atoms with Gasteiger partial charge in [0.25, 0.3) is 10.0 Å². The zero-order valence-electron chi connectivity index (χ0n) is 17.3. The SMILES string of the molecule is CN(CC(O)C[N+](C)(C)CCO)S(=O)(=O)C(F)(F)C(F)(F)C(F)(F)C(F)(F)C(F)(F)C(F)(F)F. The lowest BCUT2D eigenvalue weighted by Gasteiger charge is -2.40. The van der Waals surface area contributed by atoms with Crippen LogP contribution in [0.15, 0.2) is 0 Å². The largest absolute Gasteiger partial charge is 0.460 e. The standard InChI is InChI=1S/C14H20F13N2O4S/c1-28(6-8(31)7-29(2,3)4-5-30)34(32,33)14(26,27)12(21,22)10(17,18)9(15,16)11(19,20)13(23,24)25/h8,30-31H,4-7H2,1-3H3/q+1. The van der Waals surface area contributed by atoms with Crippen LogP contribution in [0.25, 0.3) is 0 Å². The molecule has 0 aliphatic carbocycles. The van der Waals surface area contributed by atoms with Crippen LogP contribution in [0.3, 0.4) is 0 Å². The topological polar surface area (TPSA) is 77.8 Å². The van der Waals surface area contributed by atoms with E-state index in [1.165, 1.54) is 14.1 Å². The van der Waals surface area contributed by atoms with E-state index in [4.69, 9.17) is 5.11 Å². The maximum absolute atomic E-state index is 14.0. The molecule has 1 atom stereocenters. The predicted octanol–water partition coefficient (Wildman–Crippen LogP) is 2.37. The quantitative estimate of drug-likeness (QED) is 0.285. The van der Waals surface area contributed by atoms with Crippen molar-refractivity contribution in [3.63, 3.8) is 0 Å². The molecule has 0 aromatic rings. The second kappa shape index (κ2) is 9.40. The Kier molecular flexibility index (Phi) is 9.09. The normalized spacial score (nSPS) is 16.8. The zero-order valence-corrected chi connectivity index (χ0v) is 18.1. The highest BCUT2D eigenvalue weighted by atomic mass is 32.2. The number of alkyl halides is 13. The Bertz CT molecular complexity index is 815. The molecule has 0 fully saturated rings. The lowest BCUT2D eigenvalue weighted by atomic mass is 9.98. The van der Waals surface area contributed by atoms with Gasteiger partial charge in [0.05, 0.1) is 20.7 Å². The number of likely N-dealkylation sites (N-methyl/N-ethyl adjacent to an activating group) is 2. The summed E-state index contributed by atoms with van der Waals surface area (Å²) in [6.45, 7) is -2.73. The fourth-order valence-electron chi connectivity index (χ4n) is 2.50. The van der Waals surface area contributed by atoms with Crippen LogP contribution in [-0.2, 0) is 10.0 Å². The first-order valence-electron chi connectivity index (χ1n) is 8.61. The van der Waals surface area contributed by atoms with Crippen LogP contribution < -0.4 is 0 Å². The van der Waals surface area contributed by atoms with Gasteiger partial charge in [-0.25, -0.2) is 8.42 Å². The molecule has 0 radical (unpaired) electrons. The van der Waals surface area contributed by atoms with Crippen LogP contribution in [-0.4, -0.2) is 116 Å². The van der Waals surface area contributed by atoms with Crippen LogP contribution in [0.1, 0.15) is 0 Å². The second-order valence-electron chi connectivity index (χ2n) is 7.82. The Morgan fingerprint density at radius 1 is 0.794 bits per heavy atom. The highest BCUT2D eigenvalue weighted by Gasteiger charge is 2.92. The smallest absolute Gasteiger partial charge is 0.391 e. The molecule has 0 spiro atoms. The second-order valence-corrected chi connectivity index (χ2v) is 9.90. The van der Waals surface area contributed by atoms with Crippen LogP contribution in [0.2, 0.25) is 0 Å². The average molecular weight is 559 g/mol. The van der Waals surface area contributed by atoms with Crippen molar-refractivity contribution in [3.8, 4) is 0 Å². The summed E-state index contributed by atoms with van der Waals surface area (Å²) in [4.78, 5) is 0. The maximum Gasteiger partial charge on any atom is 0.460 e. The van der Waals surface area contributed by atoms with Gasteiger partial charge in [-0.05, 0) is 0 Å². The van der Waals surface area contributed by atoms with Gasteiger partial charge < -0.3 is 14.7 Å². The predicted molar refractivity (Wildman–Crippen MR) is 87.3 cm³/mol. The van der Waals surface area contributed by atoms with Crippen molar-refractivity contribution >= 4 is 10.0 Å².